The standard InChI is InChI=1S/C23H26N2O4/c1-23(21(26)27)11-6-13-25(23)14-12-24-22(28)29-15-20-18-9-4-2-7-16(18)17-8-3-5-10-19(17)20/h2-5,7-10,20H,6,11-15H2,1H3,(H,24,28)(H,26,27)/t23-/m1/s1. The van der Waals surface area contributed by atoms with Gasteiger partial charge in [-0.05, 0) is 48.6 Å². The van der Waals surface area contributed by atoms with Gasteiger partial charge < -0.3 is 15.2 Å². The zero-order valence-corrected chi connectivity index (χ0v) is 16.6. The van der Waals surface area contributed by atoms with Crippen molar-refractivity contribution in [2.24, 2.45) is 0 Å². The molecule has 2 aromatic carbocycles. The summed E-state index contributed by atoms with van der Waals surface area (Å²) in [6.45, 7) is 3.60. The lowest BCUT2D eigenvalue weighted by molar-refractivity contribution is -0.148. The molecule has 4 rings (SSSR count). The number of carbonyl (C=O) groups is 2. The zero-order valence-electron chi connectivity index (χ0n) is 16.6. The molecule has 6 nitrogen and oxygen atoms in total. The molecule has 1 aliphatic carbocycles. The van der Waals surface area contributed by atoms with E-state index in [1.54, 1.807) is 6.92 Å². The van der Waals surface area contributed by atoms with E-state index in [0.29, 0.717) is 19.5 Å². The highest BCUT2D eigenvalue weighted by Crippen LogP contribution is 2.44. The van der Waals surface area contributed by atoms with Crippen LogP contribution in [-0.4, -0.2) is 53.8 Å². The van der Waals surface area contributed by atoms with Crippen molar-refractivity contribution < 1.29 is 19.4 Å². The summed E-state index contributed by atoms with van der Waals surface area (Å²) >= 11 is 0. The first kappa shape index (κ1) is 19.5. The van der Waals surface area contributed by atoms with Crippen LogP contribution in [0.1, 0.15) is 36.8 Å². The van der Waals surface area contributed by atoms with Crippen LogP contribution in [-0.2, 0) is 9.53 Å². The van der Waals surface area contributed by atoms with Crippen LogP contribution in [0.25, 0.3) is 11.1 Å². The van der Waals surface area contributed by atoms with Crippen molar-refractivity contribution in [3.8, 4) is 11.1 Å². The predicted molar refractivity (Wildman–Crippen MR) is 110 cm³/mol. The highest BCUT2D eigenvalue weighted by molar-refractivity contribution is 5.79. The van der Waals surface area contributed by atoms with Gasteiger partial charge >= 0.3 is 12.1 Å². The molecule has 0 bridgehead atoms. The fourth-order valence-electron chi connectivity index (χ4n) is 4.56. The maximum Gasteiger partial charge on any atom is 0.407 e. The lowest BCUT2D eigenvalue weighted by Gasteiger charge is -2.31. The Morgan fingerprint density at radius 1 is 1.14 bits per heavy atom. The maximum absolute atomic E-state index is 12.2. The molecule has 152 valence electrons. The van der Waals surface area contributed by atoms with Crippen molar-refractivity contribution in [3.63, 3.8) is 0 Å². The van der Waals surface area contributed by atoms with Crippen molar-refractivity contribution in [1.29, 1.82) is 0 Å². The molecule has 1 atom stereocenters. The molecule has 1 fully saturated rings. The van der Waals surface area contributed by atoms with Crippen LogP contribution in [0.5, 0.6) is 0 Å². The number of fused-ring (bicyclic) bond motifs is 3. The van der Waals surface area contributed by atoms with E-state index < -0.39 is 17.6 Å². The molecule has 1 saturated heterocycles. The van der Waals surface area contributed by atoms with E-state index in [1.807, 2.05) is 29.2 Å². The maximum atomic E-state index is 12.2. The number of carbonyl (C=O) groups excluding carboxylic acids is 1. The fraction of sp³-hybridized carbons (Fsp3) is 0.391. The van der Waals surface area contributed by atoms with E-state index in [1.165, 1.54) is 22.3 Å². The van der Waals surface area contributed by atoms with E-state index in [0.717, 1.165) is 13.0 Å². The molecule has 6 heteroatoms. The van der Waals surface area contributed by atoms with Gasteiger partial charge in [0.25, 0.3) is 0 Å². The Morgan fingerprint density at radius 3 is 2.38 bits per heavy atom. The van der Waals surface area contributed by atoms with Crippen LogP contribution in [0.2, 0.25) is 0 Å². The number of ether oxygens (including phenoxy) is 1. The number of nitrogens with zero attached hydrogens (tertiary/aromatic N) is 1. The Labute approximate surface area is 170 Å². The quantitative estimate of drug-likeness (QED) is 0.784. The van der Waals surface area contributed by atoms with Crippen LogP contribution in [0.15, 0.2) is 48.5 Å². The minimum Gasteiger partial charge on any atom is -0.480 e. The summed E-state index contributed by atoms with van der Waals surface area (Å²) in [5, 5.41) is 12.2. The predicted octanol–water partition coefficient (Wildman–Crippen LogP) is 3.46. The number of amides is 1. The molecule has 1 heterocycles. The highest BCUT2D eigenvalue weighted by Gasteiger charge is 2.42. The summed E-state index contributed by atoms with van der Waals surface area (Å²) in [5.74, 6) is -0.779. The molecule has 2 N–H and O–H groups in total. The summed E-state index contributed by atoms with van der Waals surface area (Å²) in [7, 11) is 0. The zero-order chi connectivity index (χ0) is 20.4. The molecule has 1 amide bonds. The summed E-state index contributed by atoms with van der Waals surface area (Å²) < 4.78 is 5.52. The molecule has 29 heavy (non-hydrogen) atoms. The number of benzene rings is 2. The molecule has 0 radical (unpaired) electrons. The first-order chi connectivity index (χ1) is 14.0. The molecule has 2 aliphatic rings. The number of hydrogen-bond donors (Lipinski definition) is 2. The summed E-state index contributed by atoms with van der Waals surface area (Å²) in [6, 6.07) is 16.4. The second-order valence-electron chi connectivity index (χ2n) is 7.92. The molecular weight excluding hydrogens is 368 g/mol. The lowest BCUT2D eigenvalue weighted by Crippen LogP contribution is -2.50. The molecule has 0 spiro atoms. The van der Waals surface area contributed by atoms with Crippen molar-refractivity contribution >= 4 is 12.1 Å². The van der Waals surface area contributed by atoms with E-state index in [-0.39, 0.29) is 12.5 Å². The smallest absolute Gasteiger partial charge is 0.407 e. The summed E-state index contributed by atoms with van der Waals surface area (Å²) in [6.07, 6.45) is 1.02. The number of nitrogens with one attached hydrogen (secondary N) is 1. The third-order valence-electron chi connectivity index (χ3n) is 6.25. The third kappa shape index (κ3) is 3.60. The lowest BCUT2D eigenvalue weighted by atomic mass is 9.98. The van der Waals surface area contributed by atoms with Crippen LogP contribution >= 0.6 is 0 Å². The Bertz CT molecular complexity index is 883. The second-order valence-corrected chi connectivity index (χ2v) is 7.92. The first-order valence-corrected chi connectivity index (χ1v) is 10.1. The van der Waals surface area contributed by atoms with Gasteiger partial charge in [0.2, 0.25) is 0 Å². The normalized spacial score (nSPS) is 20.9. The van der Waals surface area contributed by atoms with Crippen molar-refractivity contribution in [1.82, 2.24) is 10.2 Å². The SMILES string of the molecule is C[C@]1(C(=O)O)CCCN1CCNC(=O)OCC1c2ccccc2-c2ccccc21. The largest absolute Gasteiger partial charge is 0.480 e. The third-order valence-corrected chi connectivity index (χ3v) is 6.25. The van der Waals surface area contributed by atoms with Gasteiger partial charge in [-0.15, -0.1) is 0 Å². The molecular formula is C23H26N2O4. The van der Waals surface area contributed by atoms with Crippen molar-refractivity contribution in [2.75, 3.05) is 26.2 Å². The number of likely N-dealkylation sites (tertiary alicyclic amines) is 1. The number of hydrogen-bond acceptors (Lipinski definition) is 4. The number of carboxylic acids is 1. The monoisotopic (exact) mass is 394 g/mol. The van der Waals surface area contributed by atoms with Crippen LogP contribution < -0.4 is 5.32 Å². The minimum absolute atomic E-state index is 0.0297. The topological polar surface area (TPSA) is 78.9 Å². The first-order valence-electron chi connectivity index (χ1n) is 10.1. The highest BCUT2D eigenvalue weighted by atomic mass is 16.5. The van der Waals surface area contributed by atoms with Gasteiger partial charge in [-0.25, -0.2) is 4.79 Å². The molecule has 1 aliphatic heterocycles. The number of rotatable bonds is 6. The Hall–Kier alpha value is -2.86. The van der Waals surface area contributed by atoms with E-state index in [4.69, 9.17) is 4.74 Å². The van der Waals surface area contributed by atoms with Crippen LogP contribution in [0.3, 0.4) is 0 Å². The van der Waals surface area contributed by atoms with Crippen LogP contribution in [0.4, 0.5) is 4.79 Å². The van der Waals surface area contributed by atoms with E-state index >= 15 is 0 Å². The van der Waals surface area contributed by atoms with Gasteiger partial charge in [0.1, 0.15) is 12.1 Å². The van der Waals surface area contributed by atoms with Crippen molar-refractivity contribution in [3.05, 3.63) is 59.7 Å². The molecule has 0 aromatic heterocycles. The Balaban J connectivity index is 1.32. The van der Waals surface area contributed by atoms with Gasteiger partial charge in [-0.2, -0.15) is 0 Å². The minimum atomic E-state index is -0.844. The number of alkyl carbamates (subject to hydrolysis) is 1. The van der Waals surface area contributed by atoms with Gasteiger partial charge in [0.05, 0.1) is 0 Å². The van der Waals surface area contributed by atoms with Gasteiger partial charge in [-0.3, -0.25) is 9.69 Å². The Morgan fingerprint density at radius 2 is 1.76 bits per heavy atom. The van der Waals surface area contributed by atoms with Crippen LogP contribution in [0, 0.1) is 0 Å². The average molecular weight is 394 g/mol. The Kier molecular flexibility index (Phi) is 5.28. The molecule has 2 aromatic rings. The van der Waals surface area contributed by atoms with E-state index in [9.17, 15) is 14.7 Å². The fourth-order valence-corrected chi connectivity index (χ4v) is 4.56. The van der Waals surface area contributed by atoms with E-state index in [2.05, 4.69) is 29.6 Å². The van der Waals surface area contributed by atoms with Gasteiger partial charge in [0, 0.05) is 19.0 Å². The molecule has 0 saturated carbocycles. The average Bonchev–Trinajstić information content (AvgIpc) is 3.26. The second kappa shape index (κ2) is 7.87. The van der Waals surface area contributed by atoms with Crippen molar-refractivity contribution in [2.45, 2.75) is 31.2 Å². The summed E-state index contributed by atoms with van der Waals surface area (Å²) in [5.41, 5.74) is 3.90. The van der Waals surface area contributed by atoms with Gasteiger partial charge in [-0.1, -0.05) is 48.5 Å². The van der Waals surface area contributed by atoms with Gasteiger partial charge in [0.15, 0.2) is 0 Å². The summed E-state index contributed by atoms with van der Waals surface area (Å²) in [4.78, 5) is 25.7. The number of carboxylic acid groups (broad SMARTS) is 1. The number of aliphatic carboxylic acids is 1. The molecule has 0 unspecified atom stereocenters.